The van der Waals surface area contributed by atoms with E-state index < -0.39 is 5.97 Å². The molecule has 5 nitrogen and oxygen atoms in total. The van der Waals surface area contributed by atoms with E-state index >= 15 is 0 Å². The van der Waals surface area contributed by atoms with Crippen molar-refractivity contribution in [1.82, 2.24) is 9.97 Å². The van der Waals surface area contributed by atoms with E-state index in [-0.39, 0.29) is 11.7 Å². The third-order valence-corrected chi connectivity index (χ3v) is 3.66. The smallest absolute Gasteiger partial charge is 0.337 e. The molecule has 2 aromatic rings. The van der Waals surface area contributed by atoms with E-state index in [4.69, 9.17) is 4.74 Å². The first-order chi connectivity index (χ1) is 8.58. The number of thiazole rings is 1. The summed E-state index contributed by atoms with van der Waals surface area (Å²) in [6.45, 7) is 3.83. The molecule has 0 fully saturated rings. The first-order valence-corrected chi connectivity index (χ1v) is 6.42. The molecule has 1 N–H and O–H groups in total. The van der Waals surface area contributed by atoms with Crippen LogP contribution in [0.3, 0.4) is 0 Å². The van der Waals surface area contributed by atoms with Gasteiger partial charge in [-0.2, -0.15) is 0 Å². The predicted molar refractivity (Wildman–Crippen MR) is 69.2 cm³/mol. The minimum absolute atomic E-state index is 0.168. The molecule has 96 valence electrons. The van der Waals surface area contributed by atoms with Gasteiger partial charge in [0.05, 0.1) is 16.7 Å². The zero-order valence-electron chi connectivity index (χ0n) is 10.4. The van der Waals surface area contributed by atoms with Crippen molar-refractivity contribution < 1.29 is 14.6 Å². The highest BCUT2D eigenvalue weighted by molar-refractivity contribution is 7.18. The molecule has 2 heterocycles. The number of carboxylic acids is 1. The van der Waals surface area contributed by atoms with E-state index in [0.717, 1.165) is 9.84 Å². The van der Waals surface area contributed by atoms with Crippen LogP contribution in [0.15, 0.2) is 6.20 Å². The van der Waals surface area contributed by atoms with Gasteiger partial charge in [-0.05, 0) is 13.3 Å². The normalized spacial score (nSPS) is 12.8. The van der Waals surface area contributed by atoms with Crippen LogP contribution in [0.4, 0.5) is 0 Å². The first kappa shape index (κ1) is 12.9. The third-order valence-electron chi connectivity index (χ3n) is 2.78. The Kier molecular flexibility index (Phi) is 3.58. The Morgan fingerprint density at radius 2 is 2.33 bits per heavy atom. The molecule has 2 rings (SSSR count). The van der Waals surface area contributed by atoms with Gasteiger partial charge in [0.2, 0.25) is 0 Å². The fourth-order valence-electron chi connectivity index (χ4n) is 1.98. The molecule has 0 saturated carbocycles. The number of aromatic nitrogens is 2. The molecule has 0 amide bonds. The molecule has 0 aromatic carbocycles. The van der Waals surface area contributed by atoms with Gasteiger partial charge in [-0.15, -0.1) is 0 Å². The van der Waals surface area contributed by atoms with E-state index in [1.54, 1.807) is 7.11 Å². The zero-order chi connectivity index (χ0) is 13.3. The molecule has 6 heteroatoms. The summed E-state index contributed by atoms with van der Waals surface area (Å²) in [7, 11) is 1.57. The first-order valence-electron chi connectivity index (χ1n) is 5.60. The zero-order valence-corrected chi connectivity index (χ0v) is 11.2. The minimum atomic E-state index is -0.999. The van der Waals surface area contributed by atoms with E-state index in [1.807, 2.05) is 13.8 Å². The van der Waals surface area contributed by atoms with Crippen molar-refractivity contribution in [3.05, 3.63) is 22.3 Å². The number of pyridine rings is 1. The molecule has 18 heavy (non-hydrogen) atoms. The van der Waals surface area contributed by atoms with Crippen LogP contribution < -0.4 is 0 Å². The van der Waals surface area contributed by atoms with E-state index in [0.29, 0.717) is 17.5 Å². The average molecular weight is 266 g/mol. The lowest BCUT2D eigenvalue weighted by Gasteiger charge is -2.15. The summed E-state index contributed by atoms with van der Waals surface area (Å²) in [4.78, 5) is 20.6. The monoisotopic (exact) mass is 266 g/mol. The molecule has 1 atom stereocenters. The van der Waals surface area contributed by atoms with Crippen LogP contribution in [0.2, 0.25) is 0 Å². The minimum Gasteiger partial charge on any atom is -0.478 e. The summed E-state index contributed by atoms with van der Waals surface area (Å²) in [5.74, 6) is -0.999. The molecule has 0 aliphatic carbocycles. The summed E-state index contributed by atoms with van der Waals surface area (Å²) in [5.41, 5.74) is 1.44. The Labute approximate surface area is 108 Å². The van der Waals surface area contributed by atoms with E-state index in [9.17, 15) is 9.90 Å². The van der Waals surface area contributed by atoms with Gasteiger partial charge in [-0.25, -0.2) is 14.8 Å². The molecular formula is C12H14N2O3S. The highest BCUT2D eigenvalue weighted by Gasteiger charge is 2.23. The summed E-state index contributed by atoms with van der Waals surface area (Å²) in [5, 5.41) is 10.1. The highest BCUT2D eigenvalue weighted by Crippen LogP contribution is 2.32. The maximum absolute atomic E-state index is 11.3. The molecule has 0 aliphatic rings. The van der Waals surface area contributed by atoms with Gasteiger partial charge in [0.1, 0.15) is 10.3 Å². The number of fused-ring (bicyclic) bond motifs is 1. The van der Waals surface area contributed by atoms with E-state index in [2.05, 4.69) is 9.97 Å². The van der Waals surface area contributed by atoms with Crippen molar-refractivity contribution in [3.8, 4) is 0 Å². The number of aromatic carboxylic acids is 1. The Bertz CT molecular complexity index is 590. The summed E-state index contributed by atoms with van der Waals surface area (Å²) < 4.78 is 5.37. The molecule has 0 bridgehead atoms. The standard InChI is InChI=1S/C12H14N2O3S/c1-4-8(17-3)9-7(12(15)16)5-13-11-10(9)14-6(2)18-11/h5,8H,4H2,1-3H3,(H,15,16). The van der Waals surface area contributed by atoms with Crippen LogP contribution in [0, 0.1) is 6.92 Å². The summed E-state index contributed by atoms with van der Waals surface area (Å²) >= 11 is 1.45. The second-order valence-electron chi connectivity index (χ2n) is 3.91. The average Bonchev–Trinajstić information content (AvgIpc) is 2.70. The van der Waals surface area contributed by atoms with Gasteiger partial charge in [0.25, 0.3) is 0 Å². The number of methoxy groups -OCH3 is 1. The molecular weight excluding hydrogens is 252 g/mol. The van der Waals surface area contributed by atoms with Gasteiger partial charge in [-0.3, -0.25) is 0 Å². The van der Waals surface area contributed by atoms with Crippen LogP contribution in [-0.4, -0.2) is 28.2 Å². The molecule has 0 saturated heterocycles. The van der Waals surface area contributed by atoms with Gasteiger partial charge in [-0.1, -0.05) is 18.3 Å². The van der Waals surface area contributed by atoms with Gasteiger partial charge in [0, 0.05) is 18.9 Å². The second-order valence-corrected chi connectivity index (χ2v) is 5.09. The number of nitrogens with zero attached hydrogens (tertiary/aromatic N) is 2. The lowest BCUT2D eigenvalue weighted by Crippen LogP contribution is -2.10. The maximum Gasteiger partial charge on any atom is 0.337 e. The summed E-state index contributed by atoms with van der Waals surface area (Å²) in [6.07, 6.45) is 1.80. The topological polar surface area (TPSA) is 72.3 Å². The van der Waals surface area contributed by atoms with Crippen LogP contribution in [0.5, 0.6) is 0 Å². The fourth-order valence-corrected chi connectivity index (χ4v) is 2.76. The molecule has 2 aromatic heterocycles. The van der Waals surface area contributed by atoms with Crippen molar-refractivity contribution in [2.45, 2.75) is 26.4 Å². The molecule has 0 radical (unpaired) electrons. The predicted octanol–water partition coefficient (Wildman–Crippen LogP) is 2.80. The van der Waals surface area contributed by atoms with E-state index in [1.165, 1.54) is 17.5 Å². The fraction of sp³-hybridized carbons (Fsp3) is 0.417. The van der Waals surface area contributed by atoms with Crippen LogP contribution in [0.25, 0.3) is 10.3 Å². The summed E-state index contributed by atoms with van der Waals surface area (Å²) in [6, 6.07) is 0. The number of carbonyl (C=O) groups is 1. The van der Waals surface area contributed by atoms with Gasteiger partial charge >= 0.3 is 5.97 Å². The van der Waals surface area contributed by atoms with Crippen molar-refractivity contribution in [2.75, 3.05) is 7.11 Å². The molecule has 0 aliphatic heterocycles. The number of aryl methyl sites for hydroxylation is 1. The second kappa shape index (κ2) is 4.99. The Hall–Kier alpha value is -1.53. The lowest BCUT2D eigenvalue weighted by atomic mass is 10.0. The van der Waals surface area contributed by atoms with Crippen LogP contribution in [0.1, 0.15) is 40.4 Å². The lowest BCUT2D eigenvalue weighted by molar-refractivity contribution is 0.0676. The number of rotatable bonds is 4. The van der Waals surface area contributed by atoms with Crippen LogP contribution in [-0.2, 0) is 4.74 Å². The van der Waals surface area contributed by atoms with Crippen molar-refractivity contribution in [3.63, 3.8) is 0 Å². The Morgan fingerprint density at radius 1 is 1.61 bits per heavy atom. The number of carboxylic acid groups (broad SMARTS) is 1. The maximum atomic E-state index is 11.3. The number of ether oxygens (including phenoxy) is 1. The van der Waals surface area contributed by atoms with Gasteiger partial charge in [0.15, 0.2) is 0 Å². The van der Waals surface area contributed by atoms with Crippen molar-refractivity contribution >= 4 is 27.7 Å². The quantitative estimate of drug-likeness (QED) is 0.921. The number of hydrogen-bond acceptors (Lipinski definition) is 5. The van der Waals surface area contributed by atoms with Crippen molar-refractivity contribution in [2.24, 2.45) is 0 Å². The Balaban J connectivity index is 2.77. The largest absolute Gasteiger partial charge is 0.478 e. The Morgan fingerprint density at radius 3 is 2.89 bits per heavy atom. The van der Waals surface area contributed by atoms with Crippen molar-refractivity contribution in [1.29, 1.82) is 0 Å². The third kappa shape index (κ3) is 2.09. The molecule has 0 spiro atoms. The van der Waals surface area contributed by atoms with Gasteiger partial charge < -0.3 is 9.84 Å². The molecule has 1 unspecified atom stereocenters. The SMILES string of the molecule is CCC(OC)c1c(C(=O)O)cnc2sc(C)nc12. The number of hydrogen-bond donors (Lipinski definition) is 1. The van der Waals surface area contributed by atoms with Crippen LogP contribution >= 0.6 is 11.3 Å². The highest BCUT2D eigenvalue weighted by atomic mass is 32.1.